The predicted molar refractivity (Wildman–Crippen MR) is 91.7 cm³/mol. The second kappa shape index (κ2) is 7.99. The summed E-state index contributed by atoms with van der Waals surface area (Å²) in [5.74, 6) is 2.35. The molecule has 130 valence electrons. The number of hydrogen-bond acceptors (Lipinski definition) is 3. The van der Waals surface area contributed by atoms with Crippen molar-refractivity contribution in [1.82, 2.24) is 29.7 Å². The number of H-pyrrole nitrogens is 1. The van der Waals surface area contributed by atoms with Crippen LogP contribution in [0.5, 0.6) is 0 Å². The number of hydrogen-bond donors (Lipinski definition) is 2. The highest BCUT2D eigenvalue weighted by atomic mass is 16.2. The van der Waals surface area contributed by atoms with Crippen LogP contribution in [-0.2, 0) is 6.54 Å². The zero-order valence-corrected chi connectivity index (χ0v) is 14.2. The zero-order valence-electron chi connectivity index (χ0n) is 14.2. The Morgan fingerprint density at radius 2 is 2.29 bits per heavy atom. The standard InChI is InChI=1S/C17H26N6O/c1-14-18-9-12-22(14)10-3-2-6-21-17(24)23-11-4-5-15(13-23)16-19-7-8-20-16/h7-9,12,15H,2-6,10-11,13H2,1H3,(H,19,20)(H,21,24)/t15-/m1/s1. The summed E-state index contributed by atoms with van der Waals surface area (Å²) in [6.45, 7) is 5.25. The van der Waals surface area contributed by atoms with Crippen LogP contribution in [0.4, 0.5) is 4.79 Å². The average molecular weight is 330 g/mol. The van der Waals surface area contributed by atoms with Gasteiger partial charge in [0.1, 0.15) is 11.6 Å². The molecule has 0 unspecified atom stereocenters. The minimum Gasteiger partial charge on any atom is -0.348 e. The van der Waals surface area contributed by atoms with E-state index in [-0.39, 0.29) is 6.03 Å². The van der Waals surface area contributed by atoms with E-state index in [9.17, 15) is 4.79 Å². The van der Waals surface area contributed by atoms with E-state index in [0.717, 1.165) is 57.0 Å². The van der Waals surface area contributed by atoms with E-state index in [1.165, 1.54) is 0 Å². The molecule has 0 spiro atoms. The molecule has 0 saturated carbocycles. The van der Waals surface area contributed by atoms with Crippen molar-refractivity contribution in [2.45, 2.75) is 45.1 Å². The van der Waals surface area contributed by atoms with Crippen LogP contribution >= 0.6 is 0 Å². The Bertz CT molecular complexity index is 635. The molecule has 7 nitrogen and oxygen atoms in total. The maximum Gasteiger partial charge on any atom is 0.317 e. The summed E-state index contributed by atoms with van der Waals surface area (Å²) < 4.78 is 2.14. The normalized spacial score (nSPS) is 17.9. The van der Waals surface area contributed by atoms with Gasteiger partial charge in [-0.3, -0.25) is 0 Å². The Balaban J connectivity index is 1.36. The van der Waals surface area contributed by atoms with Crippen molar-refractivity contribution in [3.8, 4) is 0 Å². The lowest BCUT2D eigenvalue weighted by Gasteiger charge is -2.31. The highest BCUT2D eigenvalue weighted by Crippen LogP contribution is 2.24. The van der Waals surface area contributed by atoms with Crippen LogP contribution in [0.1, 0.15) is 43.3 Å². The van der Waals surface area contributed by atoms with Gasteiger partial charge in [0.15, 0.2) is 0 Å². The molecular weight excluding hydrogens is 304 g/mol. The molecule has 0 bridgehead atoms. The van der Waals surface area contributed by atoms with E-state index in [1.807, 2.05) is 30.4 Å². The summed E-state index contributed by atoms with van der Waals surface area (Å²) in [7, 11) is 0. The Kier molecular flexibility index (Phi) is 5.51. The first-order valence-electron chi connectivity index (χ1n) is 8.74. The molecule has 1 aliphatic heterocycles. The SMILES string of the molecule is Cc1nccn1CCCCNC(=O)N1CCC[C@@H](c2ncc[nH]2)C1. The van der Waals surface area contributed by atoms with E-state index < -0.39 is 0 Å². The van der Waals surface area contributed by atoms with E-state index in [2.05, 4.69) is 24.8 Å². The number of piperidine rings is 1. The number of unbranched alkanes of at least 4 members (excludes halogenated alkanes) is 1. The number of nitrogens with one attached hydrogen (secondary N) is 2. The average Bonchev–Trinajstić information content (AvgIpc) is 3.27. The van der Waals surface area contributed by atoms with Crippen molar-refractivity contribution < 1.29 is 4.79 Å². The second-order valence-electron chi connectivity index (χ2n) is 6.37. The Morgan fingerprint density at radius 1 is 1.38 bits per heavy atom. The van der Waals surface area contributed by atoms with Gasteiger partial charge in [-0.2, -0.15) is 0 Å². The van der Waals surface area contributed by atoms with E-state index in [4.69, 9.17) is 0 Å². The lowest BCUT2D eigenvalue weighted by atomic mass is 9.98. The van der Waals surface area contributed by atoms with Gasteiger partial charge in [-0.15, -0.1) is 0 Å². The highest BCUT2D eigenvalue weighted by Gasteiger charge is 2.25. The summed E-state index contributed by atoms with van der Waals surface area (Å²) in [6.07, 6.45) is 11.6. The maximum atomic E-state index is 12.3. The molecule has 2 amide bonds. The molecule has 24 heavy (non-hydrogen) atoms. The van der Waals surface area contributed by atoms with Crippen molar-refractivity contribution in [2.75, 3.05) is 19.6 Å². The number of likely N-dealkylation sites (tertiary alicyclic amines) is 1. The van der Waals surface area contributed by atoms with Crippen LogP contribution in [0.15, 0.2) is 24.8 Å². The fraction of sp³-hybridized carbons (Fsp3) is 0.588. The third kappa shape index (κ3) is 4.15. The molecule has 0 aromatic carbocycles. The van der Waals surface area contributed by atoms with Crippen LogP contribution in [-0.4, -0.2) is 50.1 Å². The molecule has 0 aliphatic carbocycles. The van der Waals surface area contributed by atoms with Gasteiger partial charge < -0.3 is 19.8 Å². The number of aromatic amines is 1. The first kappa shape index (κ1) is 16.5. The van der Waals surface area contributed by atoms with Crippen LogP contribution in [0, 0.1) is 6.92 Å². The molecule has 3 heterocycles. The molecule has 1 atom stereocenters. The van der Waals surface area contributed by atoms with E-state index >= 15 is 0 Å². The van der Waals surface area contributed by atoms with Crippen molar-refractivity contribution >= 4 is 6.03 Å². The van der Waals surface area contributed by atoms with E-state index in [0.29, 0.717) is 12.5 Å². The molecule has 2 N–H and O–H groups in total. The predicted octanol–water partition coefficient (Wildman–Crippen LogP) is 2.28. The second-order valence-corrected chi connectivity index (χ2v) is 6.37. The molecule has 3 rings (SSSR count). The number of carbonyl (C=O) groups excluding carboxylic acids is 1. The first-order valence-corrected chi connectivity index (χ1v) is 8.74. The minimum absolute atomic E-state index is 0.0464. The molecule has 1 fully saturated rings. The van der Waals surface area contributed by atoms with Gasteiger partial charge in [0.05, 0.1) is 0 Å². The maximum absolute atomic E-state index is 12.3. The monoisotopic (exact) mass is 330 g/mol. The van der Waals surface area contributed by atoms with Gasteiger partial charge in [-0.05, 0) is 32.6 Å². The lowest BCUT2D eigenvalue weighted by molar-refractivity contribution is 0.178. The first-order chi connectivity index (χ1) is 11.7. The van der Waals surface area contributed by atoms with Gasteiger partial charge in [-0.25, -0.2) is 14.8 Å². The lowest BCUT2D eigenvalue weighted by Crippen LogP contribution is -2.45. The third-order valence-corrected chi connectivity index (χ3v) is 4.64. The van der Waals surface area contributed by atoms with E-state index in [1.54, 1.807) is 6.20 Å². The number of rotatable bonds is 6. The summed E-state index contributed by atoms with van der Waals surface area (Å²) in [5.41, 5.74) is 0. The number of carbonyl (C=O) groups is 1. The molecule has 7 heteroatoms. The molecule has 2 aromatic heterocycles. The number of amides is 2. The number of imidazole rings is 2. The summed E-state index contributed by atoms with van der Waals surface area (Å²) >= 11 is 0. The van der Waals surface area contributed by atoms with Crippen LogP contribution in [0.3, 0.4) is 0 Å². The Labute approximate surface area is 142 Å². The number of urea groups is 1. The minimum atomic E-state index is 0.0464. The van der Waals surface area contributed by atoms with Gasteiger partial charge in [-0.1, -0.05) is 0 Å². The molecule has 0 radical (unpaired) electrons. The summed E-state index contributed by atoms with van der Waals surface area (Å²) in [5, 5.41) is 3.04. The number of nitrogens with zero attached hydrogens (tertiary/aromatic N) is 4. The van der Waals surface area contributed by atoms with Crippen molar-refractivity contribution in [1.29, 1.82) is 0 Å². The van der Waals surface area contributed by atoms with Gasteiger partial charge >= 0.3 is 6.03 Å². The zero-order chi connectivity index (χ0) is 16.8. The molecule has 1 aliphatic rings. The van der Waals surface area contributed by atoms with Crippen LogP contribution in [0.25, 0.3) is 0 Å². The van der Waals surface area contributed by atoms with Crippen LogP contribution in [0.2, 0.25) is 0 Å². The van der Waals surface area contributed by atoms with Crippen molar-refractivity contribution in [2.24, 2.45) is 0 Å². The quantitative estimate of drug-likeness (QED) is 0.798. The Hall–Kier alpha value is -2.31. The van der Waals surface area contributed by atoms with Crippen LogP contribution < -0.4 is 5.32 Å². The number of aryl methyl sites for hydroxylation is 2. The molecular formula is C17H26N6O. The molecule has 1 saturated heterocycles. The topological polar surface area (TPSA) is 78.8 Å². The Morgan fingerprint density at radius 3 is 3.04 bits per heavy atom. The van der Waals surface area contributed by atoms with Gasteiger partial charge in [0.25, 0.3) is 0 Å². The fourth-order valence-electron chi connectivity index (χ4n) is 3.24. The largest absolute Gasteiger partial charge is 0.348 e. The van der Waals surface area contributed by atoms with Crippen molar-refractivity contribution in [3.63, 3.8) is 0 Å². The summed E-state index contributed by atoms with van der Waals surface area (Å²) in [6, 6.07) is 0.0464. The van der Waals surface area contributed by atoms with Gasteiger partial charge in [0.2, 0.25) is 0 Å². The molecule has 2 aromatic rings. The summed E-state index contributed by atoms with van der Waals surface area (Å²) in [4.78, 5) is 26.0. The number of aromatic nitrogens is 4. The van der Waals surface area contributed by atoms with Crippen molar-refractivity contribution in [3.05, 3.63) is 36.4 Å². The fourth-order valence-corrected chi connectivity index (χ4v) is 3.24. The highest BCUT2D eigenvalue weighted by molar-refractivity contribution is 5.74. The van der Waals surface area contributed by atoms with Gasteiger partial charge in [0, 0.05) is 56.9 Å². The smallest absolute Gasteiger partial charge is 0.317 e. The third-order valence-electron chi connectivity index (χ3n) is 4.64.